The largest absolute Gasteiger partial charge is 0.339 e. The molecule has 0 fully saturated rings. The number of aryl methyl sites for hydroxylation is 1. The Morgan fingerprint density at radius 3 is 2.59 bits per heavy atom. The Kier molecular flexibility index (Phi) is 6.56. The lowest BCUT2D eigenvalue weighted by Gasteiger charge is -2.08. The first-order valence-corrected chi connectivity index (χ1v) is 11.0. The fourth-order valence-corrected chi connectivity index (χ4v) is 4.00. The molecule has 3 aromatic rings. The zero-order valence-corrected chi connectivity index (χ0v) is 17.7. The van der Waals surface area contributed by atoms with Gasteiger partial charge in [-0.3, -0.25) is 4.79 Å². The summed E-state index contributed by atoms with van der Waals surface area (Å²) < 4.78 is 29.9. The summed E-state index contributed by atoms with van der Waals surface area (Å²) in [4.78, 5) is 16.3. The van der Waals surface area contributed by atoms with Crippen LogP contribution in [0.4, 0.5) is 5.69 Å². The number of nitrogens with zero attached hydrogens (tertiary/aromatic N) is 2. The van der Waals surface area contributed by atoms with Gasteiger partial charge >= 0.3 is 0 Å². The number of aromatic nitrogens is 2. The molecule has 1 N–H and O–H groups in total. The van der Waals surface area contributed by atoms with E-state index < -0.39 is 15.6 Å². The predicted octanol–water partition coefficient (Wildman–Crippen LogP) is 4.23. The maximum Gasteiger partial charge on any atom is 0.227 e. The third-order valence-electron chi connectivity index (χ3n) is 4.11. The van der Waals surface area contributed by atoms with E-state index in [1.54, 1.807) is 18.2 Å². The van der Waals surface area contributed by atoms with Crippen molar-refractivity contribution in [3.63, 3.8) is 0 Å². The van der Waals surface area contributed by atoms with E-state index in [0.29, 0.717) is 15.7 Å². The summed E-state index contributed by atoms with van der Waals surface area (Å²) in [6.45, 7) is 1.81. The van der Waals surface area contributed by atoms with Gasteiger partial charge in [-0.25, -0.2) is 8.42 Å². The first kappa shape index (κ1) is 21.3. The molecule has 3 rings (SSSR count). The van der Waals surface area contributed by atoms with Crippen molar-refractivity contribution in [2.45, 2.75) is 30.4 Å². The maximum absolute atomic E-state index is 12.4. The fraction of sp³-hybridized carbons (Fsp3) is 0.211. The highest BCUT2D eigenvalue weighted by molar-refractivity contribution is 7.90. The van der Waals surface area contributed by atoms with E-state index in [1.165, 1.54) is 24.3 Å². The van der Waals surface area contributed by atoms with Crippen LogP contribution in [-0.4, -0.2) is 24.5 Å². The van der Waals surface area contributed by atoms with Crippen LogP contribution in [0.2, 0.25) is 10.0 Å². The van der Waals surface area contributed by atoms with Gasteiger partial charge in [-0.1, -0.05) is 34.4 Å². The lowest BCUT2D eigenvalue weighted by molar-refractivity contribution is -0.116. The number of hydrogen-bond donors (Lipinski definition) is 1. The monoisotopic (exact) mass is 453 g/mol. The highest BCUT2D eigenvalue weighted by Crippen LogP contribution is 2.23. The van der Waals surface area contributed by atoms with Crippen LogP contribution in [0.3, 0.4) is 0 Å². The highest BCUT2D eigenvalue weighted by atomic mass is 35.5. The molecule has 152 valence electrons. The number of carbonyl (C=O) groups is 1. The summed E-state index contributed by atoms with van der Waals surface area (Å²) in [5.74, 6) is -0.444. The van der Waals surface area contributed by atoms with Gasteiger partial charge in [0.1, 0.15) is 5.75 Å². The molecule has 7 nitrogen and oxygen atoms in total. The van der Waals surface area contributed by atoms with Crippen molar-refractivity contribution in [3.8, 4) is 0 Å². The van der Waals surface area contributed by atoms with E-state index in [9.17, 15) is 13.2 Å². The van der Waals surface area contributed by atoms with Gasteiger partial charge in [-0.15, -0.1) is 0 Å². The van der Waals surface area contributed by atoms with Crippen LogP contribution >= 0.6 is 23.2 Å². The fourth-order valence-electron chi connectivity index (χ4n) is 2.52. The molecule has 0 atom stereocenters. The predicted molar refractivity (Wildman–Crippen MR) is 110 cm³/mol. The van der Waals surface area contributed by atoms with E-state index in [1.807, 2.05) is 6.92 Å². The Balaban J connectivity index is 1.58. The molecule has 1 heterocycles. The summed E-state index contributed by atoms with van der Waals surface area (Å²) in [7, 11) is -3.63. The Bertz CT molecular complexity index is 1130. The standard InChI is InChI=1S/C19H17Cl2N3O4S/c1-12-15(21)3-2-4-16(12)22-18(25)9-10-19-23-17(24-28-19)11-29(26,27)14-7-5-13(20)6-8-14/h2-8H,9-11H2,1H3,(H,22,25). The smallest absolute Gasteiger partial charge is 0.227 e. The quantitative estimate of drug-likeness (QED) is 0.573. The van der Waals surface area contributed by atoms with Crippen LogP contribution in [-0.2, 0) is 26.8 Å². The first-order chi connectivity index (χ1) is 13.7. The number of amides is 1. The molecule has 0 saturated carbocycles. The second-order valence-electron chi connectivity index (χ2n) is 6.28. The first-order valence-electron chi connectivity index (χ1n) is 8.59. The summed E-state index contributed by atoms with van der Waals surface area (Å²) in [6, 6.07) is 11.1. The maximum atomic E-state index is 12.4. The zero-order chi connectivity index (χ0) is 21.0. The molecule has 0 bridgehead atoms. The molecule has 0 aliphatic carbocycles. The Hall–Kier alpha value is -2.42. The average Bonchev–Trinajstić information content (AvgIpc) is 3.11. The average molecular weight is 454 g/mol. The van der Waals surface area contributed by atoms with Gasteiger partial charge in [0.05, 0.1) is 4.90 Å². The van der Waals surface area contributed by atoms with Gasteiger partial charge in [-0.05, 0) is 48.9 Å². The molecule has 1 amide bonds. The minimum atomic E-state index is -3.63. The van der Waals surface area contributed by atoms with Crippen LogP contribution in [0.15, 0.2) is 51.9 Å². The number of benzene rings is 2. The van der Waals surface area contributed by atoms with Gasteiger partial charge in [0.2, 0.25) is 11.8 Å². The van der Waals surface area contributed by atoms with Gasteiger partial charge < -0.3 is 9.84 Å². The van der Waals surface area contributed by atoms with Gasteiger partial charge in [0.25, 0.3) is 0 Å². The summed E-state index contributed by atoms with van der Waals surface area (Å²) in [5.41, 5.74) is 1.40. The third-order valence-corrected chi connectivity index (χ3v) is 6.40. The minimum Gasteiger partial charge on any atom is -0.339 e. The van der Waals surface area contributed by atoms with E-state index in [2.05, 4.69) is 15.5 Å². The summed E-state index contributed by atoms with van der Waals surface area (Å²) in [5, 5.41) is 7.47. The molecular formula is C19H17Cl2N3O4S. The van der Waals surface area contributed by atoms with E-state index >= 15 is 0 Å². The second-order valence-corrected chi connectivity index (χ2v) is 9.11. The van der Waals surface area contributed by atoms with E-state index in [-0.39, 0.29) is 35.4 Å². The van der Waals surface area contributed by atoms with Gasteiger partial charge in [0.15, 0.2) is 15.7 Å². The van der Waals surface area contributed by atoms with E-state index in [4.69, 9.17) is 27.7 Å². The number of sulfone groups is 1. The minimum absolute atomic E-state index is 0.0287. The van der Waals surface area contributed by atoms with Crippen LogP contribution in [0.5, 0.6) is 0 Å². The highest BCUT2D eigenvalue weighted by Gasteiger charge is 2.19. The molecule has 0 aliphatic heterocycles. The molecule has 0 saturated heterocycles. The van der Waals surface area contributed by atoms with Crippen molar-refractivity contribution in [2.24, 2.45) is 0 Å². The molecule has 1 aromatic heterocycles. The number of carbonyl (C=O) groups excluding carboxylic acids is 1. The molecule has 2 aromatic carbocycles. The topological polar surface area (TPSA) is 102 Å². The molecule has 0 spiro atoms. The SMILES string of the molecule is Cc1c(Cl)cccc1NC(=O)CCc1nc(CS(=O)(=O)c2ccc(Cl)cc2)no1. The number of nitrogens with one attached hydrogen (secondary N) is 1. The third kappa shape index (κ3) is 5.56. The number of anilines is 1. The van der Waals surface area contributed by atoms with Crippen molar-refractivity contribution >= 4 is 44.6 Å². The molecule has 0 radical (unpaired) electrons. The zero-order valence-electron chi connectivity index (χ0n) is 15.4. The molecule has 29 heavy (non-hydrogen) atoms. The van der Waals surface area contributed by atoms with Crippen LogP contribution in [0.25, 0.3) is 0 Å². The Labute approximate surface area is 177 Å². The lowest BCUT2D eigenvalue weighted by atomic mass is 10.2. The van der Waals surface area contributed by atoms with Crippen LogP contribution < -0.4 is 5.32 Å². The van der Waals surface area contributed by atoms with Crippen molar-refractivity contribution < 1.29 is 17.7 Å². The van der Waals surface area contributed by atoms with Crippen LogP contribution in [0.1, 0.15) is 23.7 Å². The normalized spacial score (nSPS) is 11.4. The van der Waals surface area contributed by atoms with Gasteiger partial charge in [0, 0.05) is 28.6 Å². The van der Waals surface area contributed by atoms with Crippen molar-refractivity contribution in [3.05, 3.63) is 69.8 Å². The molecule has 0 unspecified atom stereocenters. The van der Waals surface area contributed by atoms with E-state index in [0.717, 1.165) is 5.56 Å². The second kappa shape index (κ2) is 8.94. The number of rotatable bonds is 7. The molecule has 0 aliphatic rings. The number of halogens is 2. The van der Waals surface area contributed by atoms with Crippen molar-refractivity contribution in [1.29, 1.82) is 0 Å². The van der Waals surface area contributed by atoms with Gasteiger partial charge in [-0.2, -0.15) is 4.98 Å². The summed E-state index contributed by atoms with van der Waals surface area (Å²) >= 11 is 11.8. The van der Waals surface area contributed by atoms with Crippen molar-refractivity contribution in [2.75, 3.05) is 5.32 Å². The summed E-state index contributed by atoms with van der Waals surface area (Å²) in [6.07, 6.45) is 0.275. The lowest BCUT2D eigenvalue weighted by Crippen LogP contribution is -2.13. The Morgan fingerprint density at radius 2 is 1.86 bits per heavy atom. The van der Waals surface area contributed by atoms with Crippen molar-refractivity contribution in [1.82, 2.24) is 10.1 Å². The molecule has 10 heteroatoms. The molecular weight excluding hydrogens is 437 g/mol. The Morgan fingerprint density at radius 1 is 1.14 bits per heavy atom. The number of hydrogen-bond acceptors (Lipinski definition) is 6. The van der Waals surface area contributed by atoms with Crippen LogP contribution in [0, 0.1) is 6.92 Å².